The molecule has 0 atom stereocenters. The number of benzene rings is 1. The maximum absolute atomic E-state index is 12.5. The van der Waals surface area contributed by atoms with Gasteiger partial charge in [0.05, 0.1) is 6.10 Å². The number of ether oxygens (including phenoxy) is 1. The normalized spacial score (nSPS) is 10.7. The van der Waals surface area contributed by atoms with Crippen LogP contribution in [0.5, 0.6) is 5.75 Å². The van der Waals surface area contributed by atoms with Crippen molar-refractivity contribution in [3.05, 3.63) is 58.9 Å². The molecule has 2 rings (SSSR count). The van der Waals surface area contributed by atoms with Crippen molar-refractivity contribution in [3.63, 3.8) is 0 Å². The highest BCUT2D eigenvalue weighted by molar-refractivity contribution is 6.09. The van der Waals surface area contributed by atoms with Crippen LogP contribution in [-0.2, 0) is 0 Å². The lowest BCUT2D eigenvalue weighted by Crippen LogP contribution is -2.07. The molecule has 2 aromatic rings. The monoisotopic (exact) mass is 269 g/mol. The van der Waals surface area contributed by atoms with Crippen molar-refractivity contribution in [3.8, 4) is 5.75 Å². The van der Waals surface area contributed by atoms with Crippen molar-refractivity contribution >= 4 is 5.78 Å². The van der Waals surface area contributed by atoms with Gasteiger partial charge in [-0.25, -0.2) is 0 Å². The summed E-state index contributed by atoms with van der Waals surface area (Å²) in [7, 11) is 0. The molecule has 0 radical (unpaired) electrons. The molecule has 1 aromatic carbocycles. The molecule has 20 heavy (non-hydrogen) atoms. The zero-order valence-electron chi connectivity index (χ0n) is 12.3. The zero-order chi connectivity index (χ0) is 14.7. The van der Waals surface area contributed by atoms with Crippen LogP contribution in [0, 0.1) is 13.8 Å². The average molecular weight is 269 g/mol. The van der Waals surface area contributed by atoms with Gasteiger partial charge in [-0.2, -0.15) is 0 Å². The Hall–Kier alpha value is -2.16. The van der Waals surface area contributed by atoms with Crippen molar-refractivity contribution in [1.29, 1.82) is 0 Å². The minimum absolute atomic E-state index is 0.00666. The molecule has 0 aliphatic rings. The maximum atomic E-state index is 12.5. The van der Waals surface area contributed by atoms with Crippen LogP contribution in [0.3, 0.4) is 0 Å². The molecule has 0 bridgehead atoms. The Morgan fingerprint density at radius 1 is 1.05 bits per heavy atom. The van der Waals surface area contributed by atoms with Gasteiger partial charge in [0.15, 0.2) is 5.78 Å². The molecule has 3 heteroatoms. The number of carbonyl (C=O) groups excluding carboxylic acids is 1. The van der Waals surface area contributed by atoms with E-state index in [-0.39, 0.29) is 11.9 Å². The van der Waals surface area contributed by atoms with Gasteiger partial charge >= 0.3 is 0 Å². The number of aryl methyl sites for hydroxylation is 2. The Balaban J connectivity index is 2.33. The number of carbonyl (C=O) groups is 1. The van der Waals surface area contributed by atoms with Gasteiger partial charge in [0, 0.05) is 22.5 Å². The fraction of sp³-hybridized carbons (Fsp3) is 0.294. The summed E-state index contributed by atoms with van der Waals surface area (Å²) in [5.41, 5.74) is 3.00. The molecule has 0 unspecified atom stereocenters. The summed E-state index contributed by atoms with van der Waals surface area (Å²) in [6, 6.07) is 10.9. The van der Waals surface area contributed by atoms with Crippen molar-refractivity contribution in [1.82, 2.24) is 4.98 Å². The molecule has 0 saturated heterocycles. The Morgan fingerprint density at radius 2 is 1.70 bits per heavy atom. The number of hydrogen-bond acceptors (Lipinski definition) is 3. The largest absolute Gasteiger partial charge is 0.491 e. The lowest BCUT2D eigenvalue weighted by Gasteiger charge is -2.10. The van der Waals surface area contributed by atoms with Gasteiger partial charge in [-0.3, -0.25) is 9.78 Å². The van der Waals surface area contributed by atoms with E-state index in [9.17, 15) is 4.79 Å². The lowest BCUT2D eigenvalue weighted by atomic mass is 10.0. The van der Waals surface area contributed by atoms with E-state index in [2.05, 4.69) is 4.98 Å². The zero-order valence-corrected chi connectivity index (χ0v) is 12.3. The van der Waals surface area contributed by atoms with E-state index in [0.717, 1.165) is 11.4 Å². The molecule has 0 N–H and O–H groups in total. The third-order valence-corrected chi connectivity index (χ3v) is 2.81. The number of hydrogen-bond donors (Lipinski definition) is 0. The summed E-state index contributed by atoms with van der Waals surface area (Å²) in [4.78, 5) is 16.8. The number of pyridine rings is 1. The highest BCUT2D eigenvalue weighted by atomic mass is 16.5. The number of aromatic nitrogens is 1. The highest BCUT2D eigenvalue weighted by Crippen LogP contribution is 2.18. The first-order valence-corrected chi connectivity index (χ1v) is 6.72. The minimum atomic E-state index is -0.00666. The van der Waals surface area contributed by atoms with E-state index < -0.39 is 0 Å². The summed E-state index contributed by atoms with van der Waals surface area (Å²) in [5.74, 6) is 0.709. The Morgan fingerprint density at radius 3 is 2.30 bits per heavy atom. The second-order valence-corrected chi connectivity index (χ2v) is 5.16. The van der Waals surface area contributed by atoms with Gasteiger partial charge in [-0.15, -0.1) is 0 Å². The first-order valence-electron chi connectivity index (χ1n) is 6.72. The van der Waals surface area contributed by atoms with Crippen LogP contribution in [0.25, 0.3) is 0 Å². The van der Waals surface area contributed by atoms with Crippen molar-refractivity contribution < 1.29 is 9.53 Å². The van der Waals surface area contributed by atoms with Crippen LogP contribution in [0.1, 0.15) is 41.2 Å². The van der Waals surface area contributed by atoms with Gasteiger partial charge in [-0.1, -0.05) is 12.1 Å². The first kappa shape index (κ1) is 14.3. The Labute approximate surface area is 119 Å². The molecule has 1 aromatic heterocycles. The van der Waals surface area contributed by atoms with Gasteiger partial charge in [0.25, 0.3) is 0 Å². The third-order valence-electron chi connectivity index (χ3n) is 2.81. The number of nitrogens with zero attached hydrogens (tertiary/aromatic N) is 1. The number of rotatable bonds is 4. The van der Waals surface area contributed by atoms with Crippen LogP contribution < -0.4 is 4.74 Å². The molecule has 0 aliphatic heterocycles. The van der Waals surface area contributed by atoms with Gasteiger partial charge in [0.1, 0.15) is 5.75 Å². The molecule has 104 valence electrons. The summed E-state index contributed by atoms with van der Waals surface area (Å²) in [6.07, 6.45) is 0.0887. The van der Waals surface area contributed by atoms with Gasteiger partial charge < -0.3 is 4.74 Å². The van der Waals surface area contributed by atoms with E-state index >= 15 is 0 Å². The third kappa shape index (κ3) is 3.44. The SMILES string of the molecule is Cc1cc(C(=O)c2cccc(OC(C)C)c2)cc(C)n1. The van der Waals surface area contributed by atoms with Crippen LogP contribution in [0.2, 0.25) is 0 Å². The van der Waals surface area contributed by atoms with E-state index in [1.165, 1.54) is 0 Å². The van der Waals surface area contributed by atoms with Crippen molar-refractivity contribution in [2.75, 3.05) is 0 Å². The van der Waals surface area contributed by atoms with E-state index in [1.54, 1.807) is 12.1 Å². The molecule has 0 amide bonds. The second kappa shape index (κ2) is 5.87. The summed E-state index contributed by atoms with van der Waals surface area (Å²) in [5, 5.41) is 0. The molecular weight excluding hydrogens is 250 g/mol. The molecule has 0 aliphatic carbocycles. The average Bonchev–Trinajstić information content (AvgIpc) is 2.36. The first-order chi connectivity index (χ1) is 9.45. The van der Waals surface area contributed by atoms with Gasteiger partial charge in [0.2, 0.25) is 0 Å². The molecule has 0 fully saturated rings. The Bertz CT molecular complexity index is 612. The van der Waals surface area contributed by atoms with Crippen LogP contribution >= 0.6 is 0 Å². The molecule has 0 spiro atoms. The molecular formula is C17H19NO2. The fourth-order valence-corrected chi connectivity index (χ4v) is 2.12. The van der Waals surface area contributed by atoms with Crippen molar-refractivity contribution in [2.24, 2.45) is 0 Å². The van der Waals surface area contributed by atoms with E-state index in [1.807, 2.05) is 52.0 Å². The predicted octanol–water partition coefficient (Wildman–Crippen LogP) is 3.72. The summed E-state index contributed by atoms with van der Waals surface area (Å²) >= 11 is 0. The standard InChI is InChI=1S/C17H19NO2/c1-11(2)20-16-7-5-6-14(10-16)17(19)15-8-12(3)18-13(4)9-15/h5-11H,1-4H3. The summed E-state index contributed by atoms with van der Waals surface area (Å²) in [6.45, 7) is 7.71. The molecule has 1 heterocycles. The smallest absolute Gasteiger partial charge is 0.193 e. The van der Waals surface area contributed by atoms with Crippen LogP contribution in [0.4, 0.5) is 0 Å². The Kier molecular flexibility index (Phi) is 4.18. The topological polar surface area (TPSA) is 39.2 Å². The van der Waals surface area contributed by atoms with Crippen molar-refractivity contribution in [2.45, 2.75) is 33.8 Å². The predicted molar refractivity (Wildman–Crippen MR) is 79.3 cm³/mol. The highest BCUT2D eigenvalue weighted by Gasteiger charge is 2.11. The number of ketones is 1. The fourth-order valence-electron chi connectivity index (χ4n) is 2.12. The molecule has 0 saturated carbocycles. The maximum Gasteiger partial charge on any atom is 0.193 e. The second-order valence-electron chi connectivity index (χ2n) is 5.16. The van der Waals surface area contributed by atoms with E-state index in [4.69, 9.17) is 4.74 Å². The minimum Gasteiger partial charge on any atom is -0.491 e. The van der Waals surface area contributed by atoms with E-state index in [0.29, 0.717) is 16.9 Å². The summed E-state index contributed by atoms with van der Waals surface area (Å²) < 4.78 is 5.62. The quantitative estimate of drug-likeness (QED) is 0.794. The lowest BCUT2D eigenvalue weighted by molar-refractivity contribution is 0.103. The van der Waals surface area contributed by atoms with Crippen LogP contribution in [0.15, 0.2) is 36.4 Å². The molecule has 3 nitrogen and oxygen atoms in total. The van der Waals surface area contributed by atoms with Crippen LogP contribution in [-0.4, -0.2) is 16.9 Å². The van der Waals surface area contributed by atoms with Gasteiger partial charge in [-0.05, 0) is 52.0 Å².